The number of ether oxygens (including phenoxy) is 1. The van der Waals surface area contributed by atoms with Crippen LogP contribution in [0.2, 0.25) is 0 Å². The number of aromatic nitrogens is 5. The molecule has 2 fully saturated rings. The molecule has 2 saturated heterocycles. The minimum Gasteiger partial charge on any atom is -0.487 e. The number of hydrogen-bond acceptors (Lipinski definition) is 11. The van der Waals surface area contributed by atoms with E-state index >= 15 is 0 Å². The molecule has 2 aliphatic rings. The third-order valence-corrected chi connectivity index (χ3v) is 9.69. The van der Waals surface area contributed by atoms with Crippen molar-refractivity contribution in [2.75, 3.05) is 54.9 Å². The second-order valence-electron chi connectivity index (χ2n) is 10.3. The molecule has 220 valence electrons. The van der Waals surface area contributed by atoms with E-state index in [4.69, 9.17) is 14.9 Å². The predicted octanol–water partition coefficient (Wildman–Crippen LogP) is 3.72. The lowest BCUT2D eigenvalue weighted by Crippen LogP contribution is -2.47. The highest BCUT2D eigenvalue weighted by atomic mass is 32.2. The second-order valence-corrected chi connectivity index (χ2v) is 12.5. The normalized spacial score (nSPS) is 17.0. The number of thioether (sulfide) groups is 1. The average molecular weight is 615 g/mol. The molecule has 2 N–H and O–H groups in total. The van der Waals surface area contributed by atoms with E-state index in [1.165, 1.54) is 16.8 Å². The van der Waals surface area contributed by atoms with Crippen LogP contribution in [0.4, 0.5) is 20.4 Å². The smallest absolute Gasteiger partial charge is 0.309 e. The van der Waals surface area contributed by atoms with Gasteiger partial charge in [-0.1, -0.05) is 11.3 Å². The van der Waals surface area contributed by atoms with Crippen LogP contribution in [0.15, 0.2) is 39.7 Å². The molecule has 0 atom stereocenters. The third-order valence-electron chi connectivity index (χ3n) is 7.67. The van der Waals surface area contributed by atoms with Gasteiger partial charge in [0.25, 0.3) is 0 Å². The molecule has 42 heavy (non-hydrogen) atoms. The van der Waals surface area contributed by atoms with Crippen LogP contribution < -0.4 is 20.2 Å². The zero-order valence-corrected chi connectivity index (χ0v) is 24.2. The Balaban J connectivity index is 1.04. The highest BCUT2D eigenvalue weighted by molar-refractivity contribution is 7.99. The van der Waals surface area contributed by atoms with Crippen molar-refractivity contribution in [3.8, 4) is 17.3 Å². The number of piperazine rings is 1. The van der Waals surface area contributed by atoms with Gasteiger partial charge in [0.15, 0.2) is 28.6 Å². The minimum absolute atomic E-state index is 0.0451. The zero-order valence-electron chi connectivity index (χ0n) is 22.5. The van der Waals surface area contributed by atoms with Crippen LogP contribution in [-0.2, 0) is 6.54 Å². The number of nitrogens with zero attached hydrogens (tertiary/aromatic N) is 7. The number of halogens is 2. The highest BCUT2D eigenvalue weighted by Crippen LogP contribution is 2.32. The van der Waals surface area contributed by atoms with Crippen molar-refractivity contribution in [2.45, 2.75) is 25.5 Å². The number of anilines is 2. The molecule has 0 bridgehead atoms. The maximum absolute atomic E-state index is 14.8. The molecule has 0 unspecified atom stereocenters. The number of hydrogen-bond donors (Lipinski definition) is 1. The first-order valence-electron chi connectivity index (χ1n) is 13.7. The summed E-state index contributed by atoms with van der Waals surface area (Å²) >= 11 is 2.92. The van der Waals surface area contributed by atoms with Crippen LogP contribution in [0.25, 0.3) is 27.6 Å². The largest absolute Gasteiger partial charge is 0.487 e. The predicted molar refractivity (Wildman–Crippen MR) is 159 cm³/mol. The van der Waals surface area contributed by atoms with Crippen molar-refractivity contribution < 1.29 is 17.9 Å². The van der Waals surface area contributed by atoms with Crippen molar-refractivity contribution in [3.63, 3.8) is 0 Å². The van der Waals surface area contributed by atoms with Gasteiger partial charge in [-0.05, 0) is 36.5 Å². The first kappa shape index (κ1) is 27.2. The van der Waals surface area contributed by atoms with Gasteiger partial charge in [-0.25, -0.2) is 13.8 Å². The van der Waals surface area contributed by atoms with Crippen molar-refractivity contribution in [1.29, 1.82) is 0 Å². The van der Waals surface area contributed by atoms with Gasteiger partial charge in [0.1, 0.15) is 16.6 Å². The number of nitrogen functional groups attached to an aromatic ring is 1. The average Bonchev–Trinajstić information content (AvgIpc) is 3.74. The molecule has 1 aromatic carbocycles. The van der Waals surface area contributed by atoms with E-state index in [2.05, 4.69) is 20.0 Å². The molecule has 15 heteroatoms. The van der Waals surface area contributed by atoms with Crippen molar-refractivity contribution in [2.24, 2.45) is 0 Å². The Kier molecular flexibility index (Phi) is 7.23. The highest BCUT2D eigenvalue weighted by Gasteiger charge is 2.25. The Hall–Kier alpha value is -3.69. The molecule has 11 nitrogen and oxygen atoms in total. The number of benzene rings is 1. The molecule has 0 spiro atoms. The fourth-order valence-corrected chi connectivity index (χ4v) is 7.41. The standard InChI is InChI=1S/C27H28F2N8O3S2/c28-17-14-18(29)21(40-16-3-12-41-13-4-16)15-19(17)35-8-5-34(6-9-35)7-10-36-24-22(42-27(36)38)25-31-23(20-2-1-11-39-20)33-37(25)26(30)32-24/h1-2,11,14-16H,3-10,12-13H2,(H2,30,32). The molecule has 0 amide bonds. The summed E-state index contributed by atoms with van der Waals surface area (Å²) in [5.41, 5.74) is 7.45. The second kappa shape index (κ2) is 11.2. The summed E-state index contributed by atoms with van der Waals surface area (Å²) in [6.45, 7) is 3.42. The van der Waals surface area contributed by atoms with Crippen molar-refractivity contribution in [1.82, 2.24) is 29.0 Å². The van der Waals surface area contributed by atoms with Crippen LogP contribution in [0.3, 0.4) is 0 Å². The third kappa shape index (κ3) is 5.09. The van der Waals surface area contributed by atoms with Crippen molar-refractivity contribution in [3.05, 3.63) is 51.8 Å². The van der Waals surface area contributed by atoms with E-state index in [9.17, 15) is 13.6 Å². The number of fused-ring (bicyclic) bond motifs is 3. The number of rotatable bonds is 7. The van der Waals surface area contributed by atoms with Crippen LogP contribution in [0, 0.1) is 11.6 Å². The molecule has 6 heterocycles. The molecule has 0 aliphatic carbocycles. The van der Waals surface area contributed by atoms with E-state index in [0.717, 1.165) is 41.8 Å². The molecule has 0 saturated carbocycles. The Morgan fingerprint density at radius 1 is 1.05 bits per heavy atom. The van der Waals surface area contributed by atoms with Gasteiger partial charge in [0.05, 0.1) is 12.0 Å². The van der Waals surface area contributed by atoms with Gasteiger partial charge < -0.3 is 19.8 Å². The Labute approximate surface area is 246 Å². The number of nitrogens with two attached hydrogens (primary N) is 1. The molecule has 0 radical (unpaired) electrons. The maximum Gasteiger partial charge on any atom is 0.309 e. The van der Waals surface area contributed by atoms with E-state index in [-0.39, 0.29) is 22.7 Å². The van der Waals surface area contributed by atoms with E-state index in [1.54, 1.807) is 16.7 Å². The first-order chi connectivity index (χ1) is 20.4. The summed E-state index contributed by atoms with van der Waals surface area (Å²) in [7, 11) is 0. The Morgan fingerprint density at radius 2 is 1.86 bits per heavy atom. The summed E-state index contributed by atoms with van der Waals surface area (Å²) in [6.07, 6.45) is 3.20. The Bertz CT molecular complexity index is 1790. The fraction of sp³-hybridized carbons (Fsp3) is 0.407. The quantitative estimate of drug-likeness (QED) is 0.291. The van der Waals surface area contributed by atoms with E-state index in [0.29, 0.717) is 72.5 Å². The van der Waals surface area contributed by atoms with Gasteiger partial charge in [-0.15, -0.1) is 5.10 Å². The van der Waals surface area contributed by atoms with Crippen LogP contribution in [-0.4, -0.2) is 79.4 Å². The molecule has 4 aromatic heterocycles. The summed E-state index contributed by atoms with van der Waals surface area (Å²) in [5, 5.41) is 4.39. The molecule has 7 rings (SSSR count). The topological polar surface area (TPSA) is 120 Å². The first-order valence-corrected chi connectivity index (χ1v) is 15.7. The van der Waals surface area contributed by atoms with Gasteiger partial charge in [-0.2, -0.15) is 21.3 Å². The SMILES string of the molecule is Nc1nc2c(sc(=O)n2CCN2CCN(c3cc(OC4CCSCC4)c(F)cc3F)CC2)c2nc(-c3ccco3)nn12. The fourth-order valence-electron chi connectivity index (χ4n) is 5.41. The monoisotopic (exact) mass is 614 g/mol. The lowest BCUT2D eigenvalue weighted by Gasteiger charge is -2.36. The minimum atomic E-state index is -0.670. The molecule has 5 aromatic rings. The van der Waals surface area contributed by atoms with Crippen LogP contribution in [0.5, 0.6) is 5.75 Å². The molecular formula is C27H28F2N8O3S2. The zero-order chi connectivity index (χ0) is 28.8. The van der Waals surface area contributed by atoms with Crippen LogP contribution in [0.1, 0.15) is 12.8 Å². The lowest BCUT2D eigenvalue weighted by atomic mass is 10.2. The number of furan rings is 1. The van der Waals surface area contributed by atoms with Crippen LogP contribution >= 0.6 is 23.1 Å². The van der Waals surface area contributed by atoms with Gasteiger partial charge in [0, 0.05) is 51.4 Å². The van der Waals surface area contributed by atoms with Gasteiger partial charge >= 0.3 is 4.87 Å². The maximum atomic E-state index is 14.8. The van der Waals surface area contributed by atoms with Crippen molar-refractivity contribution >= 4 is 50.7 Å². The Morgan fingerprint density at radius 3 is 2.62 bits per heavy atom. The van der Waals surface area contributed by atoms with E-state index in [1.807, 2.05) is 16.7 Å². The van der Waals surface area contributed by atoms with Gasteiger partial charge in [-0.3, -0.25) is 14.3 Å². The summed E-state index contributed by atoms with van der Waals surface area (Å²) in [6, 6.07) is 5.91. The van der Waals surface area contributed by atoms with Gasteiger partial charge in [0.2, 0.25) is 11.8 Å². The molecular weight excluding hydrogens is 586 g/mol. The summed E-state index contributed by atoms with van der Waals surface area (Å²) in [4.78, 5) is 26.0. The lowest BCUT2D eigenvalue weighted by molar-refractivity contribution is 0.183. The number of thiazole rings is 1. The van der Waals surface area contributed by atoms with E-state index < -0.39 is 11.6 Å². The molecule has 2 aliphatic heterocycles. The summed E-state index contributed by atoms with van der Waals surface area (Å²) < 4.78 is 44.3. The summed E-state index contributed by atoms with van der Waals surface area (Å²) in [5.74, 6) is 1.78.